The van der Waals surface area contributed by atoms with E-state index in [2.05, 4.69) is 43.0 Å². The average molecular weight is 286 g/mol. The molecule has 0 radical (unpaired) electrons. The second-order valence-corrected chi connectivity index (χ2v) is 5.41. The first-order chi connectivity index (χ1) is 9.69. The Morgan fingerprint density at radius 2 is 1.90 bits per heavy atom. The highest BCUT2D eigenvalue weighted by Gasteiger charge is 2.03. The molecule has 0 amide bonds. The molecule has 102 valence electrons. The summed E-state index contributed by atoms with van der Waals surface area (Å²) in [6.45, 7) is 1.83. The lowest BCUT2D eigenvalue weighted by molar-refractivity contribution is 0.350. The minimum atomic E-state index is -0.309. The van der Waals surface area contributed by atoms with Crippen molar-refractivity contribution in [1.29, 1.82) is 0 Å². The number of halogens is 1. The highest BCUT2D eigenvalue weighted by molar-refractivity contribution is 7.98. The van der Waals surface area contributed by atoms with E-state index < -0.39 is 0 Å². The van der Waals surface area contributed by atoms with Gasteiger partial charge in [0.05, 0.1) is 0 Å². The molecule has 0 heterocycles. The first kappa shape index (κ1) is 14.6. The van der Waals surface area contributed by atoms with Crippen LogP contribution in [-0.4, -0.2) is 11.7 Å². The van der Waals surface area contributed by atoms with E-state index in [-0.39, 0.29) is 12.4 Å². The Balaban J connectivity index is 2.14. The van der Waals surface area contributed by atoms with Gasteiger partial charge < -0.3 is 5.11 Å². The molecular weight excluding hydrogens is 271 g/mol. The smallest absolute Gasteiger partial charge is 0.124 e. The lowest BCUT2D eigenvalue weighted by Gasteiger charge is -2.05. The quantitative estimate of drug-likeness (QED) is 0.684. The molecule has 1 N–H and O–H groups in total. The minimum Gasteiger partial charge on any atom is -0.384 e. The maximum absolute atomic E-state index is 13.2. The number of aliphatic hydroxyl groups excluding tert-OH is 1. The summed E-state index contributed by atoms with van der Waals surface area (Å²) in [6, 6.07) is 12.9. The van der Waals surface area contributed by atoms with Crippen molar-refractivity contribution in [2.24, 2.45) is 0 Å². The van der Waals surface area contributed by atoms with Gasteiger partial charge in [-0.2, -0.15) is 0 Å². The summed E-state index contributed by atoms with van der Waals surface area (Å²) < 4.78 is 13.2. The summed E-state index contributed by atoms with van der Waals surface area (Å²) in [5.74, 6) is 5.78. The first-order valence-corrected chi connectivity index (χ1v) is 7.25. The molecule has 0 aliphatic rings. The van der Waals surface area contributed by atoms with Gasteiger partial charge >= 0.3 is 0 Å². The van der Waals surface area contributed by atoms with E-state index in [0.29, 0.717) is 5.56 Å². The lowest BCUT2D eigenvalue weighted by Crippen LogP contribution is -1.90. The van der Waals surface area contributed by atoms with Crippen LogP contribution in [0.1, 0.15) is 16.7 Å². The zero-order valence-corrected chi connectivity index (χ0v) is 12.0. The third-order valence-electron chi connectivity index (χ3n) is 2.79. The van der Waals surface area contributed by atoms with Crippen LogP contribution in [0.25, 0.3) is 0 Å². The summed E-state index contributed by atoms with van der Waals surface area (Å²) in [7, 11) is 0. The molecular formula is C17H15FOS. The number of hydrogen-bond donors (Lipinski definition) is 1. The minimum absolute atomic E-state index is 0.221. The van der Waals surface area contributed by atoms with Gasteiger partial charge in [-0.15, -0.1) is 11.8 Å². The predicted molar refractivity (Wildman–Crippen MR) is 81.1 cm³/mol. The maximum atomic E-state index is 13.2. The first-order valence-electron chi connectivity index (χ1n) is 6.26. The van der Waals surface area contributed by atoms with Crippen molar-refractivity contribution in [3.05, 3.63) is 65.0 Å². The zero-order valence-electron chi connectivity index (χ0n) is 11.2. The fourth-order valence-electron chi connectivity index (χ4n) is 1.72. The van der Waals surface area contributed by atoms with Crippen LogP contribution in [0.15, 0.2) is 47.4 Å². The fraction of sp³-hybridized carbons (Fsp3) is 0.176. The van der Waals surface area contributed by atoms with Gasteiger partial charge in [0, 0.05) is 16.2 Å². The van der Waals surface area contributed by atoms with Crippen LogP contribution in [0.2, 0.25) is 0 Å². The van der Waals surface area contributed by atoms with Crippen molar-refractivity contribution >= 4 is 11.8 Å². The second-order valence-electron chi connectivity index (χ2n) is 4.36. The Bertz CT molecular complexity index is 638. The highest BCUT2D eigenvalue weighted by Crippen LogP contribution is 2.25. The molecule has 0 saturated heterocycles. The van der Waals surface area contributed by atoms with Gasteiger partial charge in [0.25, 0.3) is 0 Å². The maximum Gasteiger partial charge on any atom is 0.124 e. The van der Waals surface area contributed by atoms with Crippen molar-refractivity contribution in [3.63, 3.8) is 0 Å². The molecule has 0 atom stereocenters. The Kier molecular flexibility index (Phi) is 5.23. The van der Waals surface area contributed by atoms with Crippen molar-refractivity contribution in [1.82, 2.24) is 0 Å². The highest BCUT2D eigenvalue weighted by atomic mass is 32.2. The van der Waals surface area contributed by atoms with Gasteiger partial charge in [-0.1, -0.05) is 35.6 Å². The number of hydrogen-bond acceptors (Lipinski definition) is 2. The van der Waals surface area contributed by atoms with E-state index in [1.807, 2.05) is 0 Å². The summed E-state index contributed by atoms with van der Waals surface area (Å²) in [5.41, 5.74) is 2.84. The number of aliphatic hydroxyl groups is 1. The van der Waals surface area contributed by atoms with E-state index in [9.17, 15) is 4.39 Å². The predicted octanol–water partition coefficient (Wildman–Crippen LogP) is 3.77. The van der Waals surface area contributed by atoms with Crippen LogP contribution >= 0.6 is 11.8 Å². The van der Waals surface area contributed by atoms with Crippen LogP contribution < -0.4 is 0 Å². The van der Waals surface area contributed by atoms with Gasteiger partial charge in [-0.3, -0.25) is 0 Å². The van der Waals surface area contributed by atoms with Gasteiger partial charge in [-0.05, 0) is 36.8 Å². The average Bonchev–Trinajstić information content (AvgIpc) is 2.46. The molecule has 2 aromatic rings. The van der Waals surface area contributed by atoms with Gasteiger partial charge in [0.15, 0.2) is 0 Å². The molecule has 2 aromatic carbocycles. The Labute approximate surface area is 122 Å². The van der Waals surface area contributed by atoms with E-state index in [4.69, 9.17) is 5.11 Å². The van der Waals surface area contributed by atoms with Crippen LogP contribution in [0.5, 0.6) is 0 Å². The van der Waals surface area contributed by atoms with Crippen molar-refractivity contribution < 1.29 is 9.50 Å². The van der Waals surface area contributed by atoms with E-state index in [1.54, 1.807) is 17.8 Å². The summed E-state index contributed by atoms with van der Waals surface area (Å²) >= 11 is 1.68. The molecule has 2 rings (SSSR count). The summed E-state index contributed by atoms with van der Waals surface area (Å²) in [5, 5.41) is 8.75. The Hall–Kier alpha value is -1.76. The molecule has 0 aromatic heterocycles. The molecule has 0 fully saturated rings. The number of aryl methyl sites for hydroxylation is 1. The van der Waals surface area contributed by atoms with Crippen molar-refractivity contribution in [2.75, 3.05) is 6.61 Å². The van der Waals surface area contributed by atoms with Crippen LogP contribution in [0.3, 0.4) is 0 Å². The van der Waals surface area contributed by atoms with Crippen molar-refractivity contribution in [3.8, 4) is 11.8 Å². The summed E-state index contributed by atoms with van der Waals surface area (Å²) in [6.07, 6.45) is 0. The molecule has 0 aliphatic carbocycles. The normalized spacial score (nSPS) is 9.95. The number of benzene rings is 2. The Morgan fingerprint density at radius 1 is 1.15 bits per heavy atom. The second kappa shape index (κ2) is 7.14. The third kappa shape index (κ3) is 4.12. The lowest BCUT2D eigenvalue weighted by atomic mass is 10.1. The molecule has 3 heteroatoms. The molecule has 0 bridgehead atoms. The molecule has 0 saturated carbocycles. The van der Waals surface area contributed by atoms with E-state index in [1.165, 1.54) is 22.6 Å². The fourth-order valence-corrected chi connectivity index (χ4v) is 2.62. The van der Waals surface area contributed by atoms with Gasteiger partial charge in [-0.25, -0.2) is 4.39 Å². The largest absolute Gasteiger partial charge is 0.384 e. The molecule has 0 spiro atoms. The topological polar surface area (TPSA) is 20.2 Å². The molecule has 20 heavy (non-hydrogen) atoms. The van der Waals surface area contributed by atoms with Gasteiger partial charge in [0.2, 0.25) is 0 Å². The molecule has 0 aliphatic heterocycles. The van der Waals surface area contributed by atoms with Crippen LogP contribution in [0, 0.1) is 24.6 Å². The molecule has 0 unspecified atom stereocenters. The van der Waals surface area contributed by atoms with Crippen LogP contribution in [0.4, 0.5) is 4.39 Å². The van der Waals surface area contributed by atoms with Crippen LogP contribution in [-0.2, 0) is 5.75 Å². The van der Waals surface area contributed by atoms with Crippen molar-refractivity contribution in [2.45, 2.75) is 17.6 Å². The molecule has 1 nitrogen and oxygen atoms in total. The monoisotopic (exact) mass is 286 g/mol. The SMILES string of the molecule is Cc1ccc(SCc2ccc(F)cc2C#CCO)cc1. The standard InChI is InChI=1S/C17H15FOS/c1-13-4-8-17(9-5-13)20-12-15-6-7-16(18)11-14(15)3-2-10-19/h4-9,11,19H,10,12H2,1H3. The number of rotatable bonds is 3. The van der Waals surface area contributed by atoms with E-state index >= 15 is 0 Å². The Morgan fingerprint density at radius 3 is 2.60 bits per heavy atom. The third-order valence-corrected chi connectivity index (χ3v) is 3.85. The zero-order chi connectivity index (χ0) is 14.4. The van der Waals surface area contributed by atoms with Gasteiger partial charge in [0.1, 0.15) is 12.4 Å². The number of thioether (sulfide) groups is 1. The van der Waals surface area contributed by atoms with E-state index in [0.717, 1.165) is 11.3 Å². The summed E-state index contributed by atoms with van der Waals surface area (Å²) in [4.78, 5) is 1.17.